The van der Waals surface area contributed by atoms with Crippen molar-refractivity contribution in [3.8, 4) is 11.1 Å². The van der Waals surface area contributed by atoms with Gasteiger partial charge < -0.3 is 10.6 Å². The Bertz CT molecular complexity index is 932. The molecule has 5 heteroatoms. The Hall–Kier alpha value is -1.98. The largest absolute Gasteiger partial charge is 0.356 e. The summed E-state index contributed by atoms with van der Waals surface area (Å²) in [6.07, 6.45) is 9.09. The Labute approximate surface area is 164 Å². The predicted octanol–water partition coefficient (Wildman–Crippen LogP) is 4.85. The number of fused-ring (bicyclic) bond motifs is 1. The molecule has 0 radical (unpaired) electrons. The van der Waals surface area contributed by atoms with Gasteiger partial charge in [-0.05, 0) is 50.0 Å². The molecule has 2 fully saturated rings. The van der Waals surface area contributed by atoms with E-state index >= 15 is 0 Å². The molecule has 2 aliphatic rings. The number of hydrogen-bond acceptors (Lipinski definition) is 5. The van der Waals surface area contributed by atoms with Crippen LogP contribution in [-0.4, -0.2) is 28.6 Å². The normalized spacial score (nSPS) is 22.0. The maximum Gasteiger partial charge on any atom is 0.141 e. The minimum absolute atomic E-state index is 0.103. The molecule has 1 saturated carbocycles. The molecule has 0 amide bonds. The van der Waals surface area contributed by atoms with Crippen molar-refractivity contribution in [2.24, 2.45) is 11.7 Å². The standard InChI is InChI=1S/C22H26N4S/c23-22(9-5-10-22)12-16-6-4-11-26(13-16)20-19-18(17-7-2-1-3-8-17)14-27-21(19)25-15-24-20/h1-3,7-8,14-16H,4-6,9-13,23H2. The van der Waals surface area contributed by atoms with Gasteiger partial charge in [-0.1, -0.05) is 30.3 Å². The topological polar surface area (TPSA) is 55.0 Å². The van der Waals surface area contributed by atoms with Crippen molar-refractivity contribution in [3.05, 3.63) is 42.0 Å². The van der Waals surface area contributed by atoms with Crippen molar-refractivity contribution < 1.29 is 0 Å². The highest BCUT2D eigenvalue weighted by atomic mass is 32.1. The predicted molar refractivity (Wildman–Crippen MR) is 113 cm³/mol. The van der Waals surface area contributed by atoms with E-state index in [1.54, 1.807) is 17.7 Å². The number of thiophene rings is 1. The van der Waals surface area contributed by atoms with E-state index in [1.165, 1.54) is 48.6 Å². The number of anilines is 1. The summed E-state index contributed by atoms with van der Waals surface area (Å²) in [5.74, 6) is 1.78. The number of nitrogens with two attached hydrogens (primary N) is 1. The maximum absolute atomic E-state index is 6.55. The van der Waals surface area contributed by atoms with E-state index in [1.807, 2.05) is 0 Å². The molecular formula is C22H26N4S. The third-order valence-electron chi connectivity index (χ3n) is 6.30. The molecule has 140 valence electrons. The van der Waals surface area contributed by atoms with E-state index in [-0.39, 0.29) is 5.54 Å². The molecule has 1 unspecified atom stereocenters. The lowest BCUT2D eigenvalue weighted by atomic mass is 9.71. The molecule has 1 saturated heterocycles. The third-order valence-corrected chi connectivity index (χ3v) is 7.18. The second kappa shape index (κ2) is 6.88. The first-order chi connectivity index (χ1) is 13.2. The SMILES string of the molecule is NC1(CC2CCCN(c3ncnc4scc(-c5ccccc5)c34)C2)CCC1. The average molecular weight is 379 g/mol. The van der Waals surface area contributed by atoms with Crippen molar-refractivity contribution in [1.29, 1.82) is 0 Å². The van der Waals surface area contributed by atoms with Crippen molar-refractivity contribution in [2.75, 3.05) is 18.0 Å². The van der Waals surface area contributed by atoms with Gasteiger partial charge in [-0.25, -0.2) is 9.97 Å². The van der Waals surface area contributed by atoms with Gasteiger partial charge >= 0.3 is 0 Å². The van der Waals surface area contributed by atoms with Crippen LogP contribution in [0.5, 0.6) is 0 Å². The van der Waals surface area contributed by atoms with E-state index in [0.717, 1.165) is 30.2 Å². The second-order valence-electron chi connectivity index (χ2n) is 8.27. The first kappa shape index (κ1) is 17.1. The third kappa shape index (κ3) is 3.23. The summed E-state index contributed by atoms with van der Waals surface area (Å²) < 4.78 is 0. The molecule has 1 aliphatic heterocycles. The van der Waals surface area contributed by atoms with E-state index in [4.69, 9.17) is 10.7 Å². The first-order valence-corrected chi connectivity index (χ1v) is 10.9. The fourth-order valence-electron chi connectivity index (χ4n) is 4.76. The molecule has 0 bridgehead atoms. The fraction of sp³-hybridized carbons (Fsp3) is 0.455. The number of aromatic nitrogens is 2. The Morgan fingerprint density at radius 3 is 2.78 bits per heavy atom. The summed E-state index contributed by atoms with van der Waals surface area (Å²) in [5.41, 5.74) is 9.14. The highest BCUT2D eigenvalue weighted by Crippen LogP contribution is 2.41. The second-order valence-corrected chi connectivity index (χ2v) is 9.13. The Morgan fingerprint density at radius 2 is 2.00 bits per heavy atom. The highest BCUT2D eigenvalue weighted by Gasteiger charge is 2.36. The zero-order valence-electron chi connectivity index (χ0n) is 15.6. The van der Waals surface area contributed by atoms with Gasteiger partial charge in [0.2, 0.25) is 0 Å². The van der Waals surface area contributed by atoms with Crippen LogP contribution in [0, 0.1) is 5.92 Å². The number of hydrogen-bond donors (Lipinski definition) is 1. The van der Waals surface area contributed by atoms with Crippen LogP contribution in [0.25, 0.3) is 21.3 Å². The molecule has 1 aliphatic carbocycles. The number of benzene rings is 1. The Kier molecular flexibility index (Phi) is 4.37. The van der Waals surface area contributed by atoms with Crippen molar-refractivity contribution in [2.45, 2.75) is 44.1 Å². The van der Waals surface area contributed by atoms with Crippen molar-refractivity contribution >= 4 is 27.4 Å². The smallest absolute Gasteiger partial charge is 0.141 e. The van der Waals surface area contributed by atoms with Gasteiger partial charge in [0.05, 0.1) is 5.39 Å². The van der Waals surface area contributed by atoms with Crippen LogP contribution in [0.1, 0.15) is 38.5 Å². The molecule has 0 spiro atoms. The summed E-state index contributed by atoms with van der Waals surface area (Å²) in [6, 6.07) is 10.6. The lowest BCUT2D eigenvalue weighted by Crippen LogP contribution is -2.50. The minimum Gasteiger partial charge on any atom is -0.356 e. The first-order valence-electron chi connectivity index (χ1n) is 10.0. The summed E-state index contributed by atoms with van der Waals surface area (Å²) in [4.78, 5) is 12.9. The number of piperidine rings is 1. The summed E-state index contributed by atoms with van der Waals surface area (Å²) >= 11 is 1.71. The van der Waals surface area contributed by atoms with Gasteiger partial charge in [0.25, 0.3) is 0 Å². The number of nitrogens with zero attached hydrogens (tertiary/aromatic N) is 3. The average Bonchev–Trinajstić information content (AvgIpc) is 3.12. The van der Waals surface area contributed by atoms with Gasteiger partial charge in [-0.3, -0.25) is 0 Å². The van der Waals surface area contributed by atoms with Crippen LogP contribution in [0.15, 0.2) is 42.0 Å². The summed E-state index contributed by atoms with van der Waals surface area (Å²) in [6.45, 7) is 2.14. The number of rotatable bonds is 4. The molecule has 27 heavy (non-hydrogen) atoms. The molecule has 1 aromatic carbocycles. The van der Waals surface area contributed by atoms with Crippen molar-refractivity contribution in [1.82, 2.24) is 9.97 Å². The quantitative estimate of drug-likeness (QED) is 0.705. The van der Waals surface area contributed by atoms with Gasteiger partial charge in [-0.15, -0.1) is 11.3 Å². The van der Waals surface area contributed by atoms with Gasteiger partial charge in [0.1, 0.15) is 17.0 Å². The molecular weight excluding hydrogens is 352 g/mol. The fourth-order valence-corrected chi connectivity index (χ4v) is 5.67. The van der Waals surface area contributed by atoms with Crippen LogP contribution >= 0.6 is 11.3 Å². The van der Waals surface area contributed by atoms with E-state index < -0.39 is 0 Å². The molecule has 1 atom stereocenters. The molecule has 3 heterocycles. The Balaban J connectivity index is 1.48. The van der Waals surface area contributed by atoms with Gasteiger partial charge in [0.15, 0.2) is 0 Å². The summed E-state index contributed by atoms with van der Waals surface area (Å²) in [5, 5.41) is 3.43. The van der Waals surface area contributed by atoms with E-state index in [2.05, 4.69) is 45.6 Å². The zero-order valence-corrected chi connectivity index (χ0v) is 16.4. The minimum atomic E-state index is 0.103. The monoisotopic (exact) mass is 378 g/mol. The molecule has 2 N–H and O–H groups in total. The highest BCUT2D eigenvalue weighted by molar-refractivity contribution is 7.17. The Morgan fingerprint density at radius 1 is 1.15 bits per heavy atom. The lowest BCUT2D eigenvalue weighted by Gasteiger charge is -2.43. The maximum atomic E-state index is 6.55. The van der Waals surface area contributed by atoms with Crippen LogP contribution in [0.2, 0.25) is 0 Å². The van der Waals surface area contributed by atoms with Crippen LogP contribution in [0.3, 0.4) is 0 Å². The van der Waals surface area contributed by atoms with E-state index in [9.17, 15) is 0 Å². The molecule has 5 rings (SSSR count). The van der Waals surface area contributed by atoms with Crippen LogP contribution < -0.4 is 10.6 Å². The van der Waals surface area contributed by atoms with Gasteiger partial charge in [-0.2, -0.15) is 0 Å². The van der Waals surface area contributed by atoms with Gasteiger partial charge in [0, 0.05) is 29.6 Å². The zero-order chi connectivity index (χ0) is 18.3. The summed E-state index contributed by atoms with van der Waals surface area (Å²) in [7, 11) is 0. The lowest BCUT2D eigenvalue weighted by molar-refractivity contribution is 0.184. The molecule has 3 aromatic rings. The van der Waals surface area contributed by atoms with E-state index in [0.29, 0.717) is 5.92 Å². The van der Waals surface area contributed by atoms with Crippen LogP contribution in [0.4, 0.5) is 5.82 Å². The molecule has 2 aromatic heterocycles. The van der Waals surface area contributed by atoms with Crippen LogP contribution in [-0.2, 0) is 0 Å². The molecule has 4 nitrogen and oxygen atoms in total. The van der Waals surface area contributed by atoms with Crippen molar-refractivity contribution in [3.63, 3.8) is 0 Å².